The summed E-state index contributed by atoms with van der Waals surface area (Å²) in [5.41, 5.74) is 2.19. The monoisotopic (exact) mass is 307 g/mol. The van der Waals surface area contributed by atoms with Gasteiger partial charge in [0.25, 0.3) is 0 Å². The Bertz CT molecular complexity index is 674. The maximum absolute atomic E-state index is 4.64. The minimum atomic E-state index is 0.879. The van der Waals surface area contributed by atoms with Crippen LogP contribution in [0.15, 0.2) is 28.2 Å². The third kappa shape index (κ3) is 2.96. The summed E-state index contributed by atoms with van der Waals surface area (Å²) in [4.78, 5) is 13.3. The molecule has 3 aromatic heterocycles. The Hall–Kier alpha value is -0.980. The van der Waals surface area contributed by atoms with Crippen molar-refractivity contribution in [2.24, 2.45) is 0 Å². The van der Waals surface area contributed by atoms with Crippen LogP contribution in [0.5, 0.6) is 0 Å². The van der Waals surface area contributed by atoms with E-state index in [0.29, 0.717) is 0 Å². The van der Waals surface area contributed by atoms with Crippen molar-refractivity contribution in [2.75, 3.05) is 0 Å². The van der Waals surface area contributed by atoms with Crippen LogP contribution >= 0.6 is 34.4 Å². The number of thiophene rings is 1. The molecular formula is C13H13N3S3. The van der Waals surface area contributed by atoms with Crippen molar-refractivity contribution in [3.8, 4) is 0 Å². The molecule has 0 fully saturated rings. The standard InChI is InChI=1S/C13H13N3S3/c1-2-3-11-16-9(6-18-11)7-19-13-12-10(4-5-17-12)14-8-15-13/h4-6,8H,2-3,7H2,1H3. The number of aromatic nitrogens is 3. The average molecular weight is 307 g/mol. The van der Waals surface area contributed by atoms with Gasteiger partial charge in [0.2, 0.25) is 0 Å². The van der Waals surface area contributed by atoms with E-state index in [2.05, 4.69) is 32.6 Å². The van der Waals surface area contributed by atoms with E-state index in [1.54, 1.807) is 40.8 Å². The molecule has 0 spiro atoms. The second-order valence-electron chi connectivity index (χ2n) is 4.09. The molecular weight excluding hydrogens is 294 g/mol. The van der Waals surface area contributed by atoms with Gasteiger partial charge in [-0.25, -0.2) is 15.0 Å². The van der Waals surface area contributed by atoms with Crippen molar-refractivity contribution in [3.63, 3.8) is 0 Å². The lowest BCUT2D eigenvalue weighted by Crippen LogP contribution is -1.87. The molecule has 0 saturated heterocycles. The van der Waals surface area contributed by atoms with Crippen LogP contribution in [0.3, 0.4) is 0 Å². The quantitative estimate of drug-likeness (QED) is 0.517. The van der Waals surface area contributed by atoms with Crippen molar-refractivity contribution in [1.29, 1.82) is 0 Å². The third-order valence-electron chi connectivity index (χ3n) is 2.63. The predicted molar refractivity (Wildman–Crippen MR) is 83.1 cm³/mol. The van der Waals surface area contributed by atoms with Crippen LogP contribution in [-0.4, -0.2) is 15.0 Å². The molecule has 0 aliphatic rings. The Morgan fingerprint density at radius 2 is 2.21 bits per heavy atom. The number of fused-ring (bicyclic) bond motifs is 1. The largest absolute Gasteiger partial charge is 0.245 e. The van der Waals surface area contributed by atoms with Crippen molar-refractivity contribution in [2.45, 2.75) is 30.5 Å². The Morgan fingerprint density at radius 1 is 1.26 bits per heavy atom. The minimum Gasteiger partial charge on any atom is -0.245 e. The zero-order valence-electron chi connectivity index (χ0n) is 10.5. The van der Waals surface area contributed by atoms with Gasteiger partial charge in [-0.05, 0) is 24.3 Å². The van der Waals surface area contributed by atoms with Crippen LogP contribution in [0.2, 0.25) is 0 Å². The van der Waals surface area contributed by atoms with E-state index in [1.165, 1.54) is 9.71 Å². The van der Waals surface area contributed by atoms with Crippen LogP contribution in [0.1, 0.15) is 24.0 Å². The SMILES string of the molecule is CCCc1nc(CSc2ncnc3ccsc23)cs1. The maximum atomic E-state index is 4.64. The van der Waals surface area contributed by atoms with Gasteiger partial charge in [-0.1, -0.05) is 18.7 Å². The number of thiazole rings is 1. The highest BCUT2D eigenvalue weighted by Gasteiger charge is 2.07. The first-order valence-corrected chi connectivity index (χ1v) is 8.85. The molecule has 0 atom stereocenters. The topological polar surface area (TPSA) is 38.7 Å². The van der Waals surface area contributed by atoms with E-state index in [-0.39, 0.29) is 0 Å². The van der Waals surface area contributed by atoms with Gasteiger partial charge in [0, 0.05) is 11.1 Å². The summed E-state index contributed by atoms with van der Waals surface area (Å²) in [5, 5.41) is 6.52. The van der Waals surface area contributed by atoms with Crippen molar-refractivity contribution >= 4 is 44.7 Å². The molecule has 98 valence electrons. The number of hydrogen-bond acceptors (Lipinski definition) is 6. The first kappa shape index (κ1) is 13.0. The molecule has 19 heavy (non-hydrogen) atoms. The molecule has 0 saturated carbocycles. The smallest absolute Gasteiger partial charge is 0.118 e. The van der Waals surface area contributed by atoms with Gasteiger partial charge in [-0.2, -0.15) is 0 Å². The Kier molecular flexibility index (Phi) is 4.10. The summed E-state index contributed by atoms with van der Waals surface area (Å²) in [6.45, 7) is 2.18. The molecule has 3 rings (SSSR count). The van der Waals surface area contributed by atoms with E-state index < -0.39 is 0 Å². The van der Waals surface area contributed by atoms with E-state index in [9.17, 15) is 0 Å². The molecule has 0 radical (unpaired) electrons. The van der Waals surface area contributed by atoms with Crippen LogP contribution in [-0.2, 0) is 12.2 Å². The summed E-state index contributed by atoms with van der Waals surface area (Å²) in [5.74, 6) is 0.879. The molecule has 3 heterocycles. The van der Waals surface area contributed by atoms with Gasteiger partial charge in [0.15, 0.2) is 0 Å². The highest BCUT2D eigenvalue weighted by Crippen LogP contribution is 2.30. The molecule has 0 N–H and O–H groups in total. The van der Waals surface area contributed by atoms with E-state index >= 15 is 0 Å². The zero-order chi connectivity index (χ0) is 13.1. The van der Waals surface area contributed by atoms with Gasteiger partial charge >= 0.3 is 0 Å². The summed E-state index contributed by atoms with van der Waals surface area (Å²) < 4.78 is 1.18. The number of nitrogens with zero attached hydrogens (tertiary/aromatic N) is 3. The first-order valence-electron chi connectivity index (χ1n) is 6.11. The molecule has 6 heteroatoms. The predicted octanol–water partition coefficient (Wildman–Crippen LogP) is 4.39. The van der Waals surface area contributed by atoms with Gasteiger partial charge < -0.3 is 0 Å². The summed E-state index contributed by atoms with van der Waals surface area (Å²) in [6, 6.07) is 2.04. The third-order valence-corrected chi connectivity index (χ3v) is 5.65. The molecule has 0 bridgehead atoms. The Labute approximate surface area is 124 Å². The minimum absolute atomic E-state index is 0.879. The Balaban J connectivity index is 1.73. The number of aryl methyl sites for hydroxylation is 1. The fraction of sp³-hybridized carbons (Fsp3) is 0.308. The van der Waals surface area contributed by atoms with Crippen molar-refractivity contribution in [1.82, 2.24) is 15.0 Å². The maximum Gasteiger partial charge on any atom is 0.118 e. The number of thioether (sulfide) groups is 1. The van der Waals surface area contributed by atoms with Gasteiger partial charge in [0.1, 0.15) is 11.4 Å². The second-order valence-corrected chi connectivity index (χ2v) is 6.91. The summed E-state index contributed by atoms with van der Waals surface area (Å²) in [7, 11) is 0. The van der Waals surface area contributed by atoms with Gasteiger partial charge in [-0.15, -0.1) is 22.7 Å². The average Bonchev–Trinajstić information content (AvgIpc) is 3.05. The number of hydrogen-bond donors (Lipinski definition) is 0. The molecule has 0 aromatic carbocycles. The normalized spacial score (nSPS) is 11.2. The Morgan fingerprint density at radius 3 is 3.11 bits per heavy atom. The molecule has 0 aliphatic heterocycles. The molecule has 3 aromatic rings. The lowest BCUT2D eigenvalue weighted by Gasteiger charge is -1.99. The second kappa shape index (κ2) is 5.98. The van der Waals surface area contributed by atoms with Crippen LogP contribution in [0.25, 0.3) is 10.2 Å². The summed E-state index contributed by atoms with van der Waals surface area (Å²) >= 11 is 5.20. The van der Waals surface area contributed by atoms with Gasteiger partial charge in [0.05, 0.1) is 20.9 Å². The van der Waals surface area contributed by atoms with E-state index in [0.717, 1.165) is 34.8 Å². The first-order chi connectivity index (χ1) is 9.36. The van der Waals surface area contributed by atoms with Gasteiger partial charge in [-0.3, -0.25) is 0 Å². The zero-order valence-corrected chi connectivity index (χ0v) is 12.9. The summed E-state index contributed by atoms with van der Waals surface area (Å²) in [6.07, 6.45) is 3.88. The molecule has 3 nitrogen and oxygen atoms in total. The van der Waals surface area contributed by atoms with Crippen LogP contribution in [0.4, 0.5) is 0 Å². The fourth-order valence-electron chi connectivity index (χ4n) is 1.76. The van der Waals surface area contributed by atoms with Crippen LogP contribution < -0.4 is 0 Å². The highest BCUT2D eigenvalue weighted by molar-refractivity contribution is 7.98. The van der Waals surface area contributed by atoms with E-state index in [4.69, 9.17) is 0 Å². The molecule has 0 aliphatic carbocycles. The number of rotatable bonds is 5. The fourth-order valence-corrected chi connectivity index (χ4v) is 4.60. The van der Waals surface area contributed by atoms with Crippen molar-refractivity contribution < 1.29 is 0 Å². The van der Waals surface area contributed by atoms with E-state index in [1.807, 2.05) is 6.07 Å². The molecule has 0 unspecified atom stereocenters. The highest BCUT2D eigenvalue weighted by atomic mass is 32.2. The lowest BCUT2D eigenvalue weighted by molar-refractivity contribution is 0.902. The molecule has 0 amide bonds. The van der Waals surface area contributed by atoms with Crippen LogP contribution in [0, 0.1) is 0 Å². The van der Waals surface area contributed by atoms with Crippen molar-refractivity contribution in [3.05, 3.63) is 33.9 Å². The lowest BCUT2D eigenvalue weighted by atomic mass is 10.3.